The molecule has 0 amide bonds. The molecule has 0 aliphatic heterocycles. The number of alkyl halides is 3. The topological polar surface area (TPSA) is 104 Å². The number of aromatic nitrogens is 10. The smallest absolute Gasteiger partial charge is 0.263 e. The van der Waals surface area contributed by atoms with Crippen LogP contribution in [0.1, 0.15) is 5.69 Å². The van der Waals surface area contributed by atoms with E-state index in [-0.39, 0.29) is 6.54 Å². The van der Waals surface area contributed by atoms with Crippen molar-refractivity contribution in [1.29, 1.82) is 0 Å². The Hall–Kier alpha value is -3.90. The Balaban J connectivity index is 1.47. The summed E-state index contributed by atoms with van der Waals surface area (Å²) in [5, 5.41) is 16.2. The molecule has 5 heterocycles. The first-order valence-corrected chi connectivity index (χ1v) is 8.40. The van der Waals surface area contributed by atoms with Crippen LogP contribution in [0.15, 0.2) is 43.1 Å². The molecule has 5 aromatic rings. The SMILES string of the molecule is FC(F)(F)Cn1cc(-c2cnc3nnn(Cc4ccc5nccn5n4)c3n2)cn1. The fourth-order valence-corrected chi connectivity index (χ4v) is 2.86. The van der Waals surface area contributed by atoms with Crippen LogP contribution >= 0.6 is 0 Å². The highest BCUT2D eigenvalue weighted by atomic mass is 19.4. The lowest BCUT2D eigenvalue weighted by Gasteiger charge is -2.05. The average Bonchev–Trinajstić information content (AvgIpc) is 3.40. The summed E-state index contributed by atoms with van der Waals surface area (Å²) in [5.74, 6) is 0. The van der Waals surface area contributed by atoms with Gasteiger partial charge >= 0.3 is 6.18 Å². The molecule has 146 valence electrons. The Morgan fingerprint density at radius 1 is 1.07 bits per heavy atom. The van der Waals surface area contributed by atoms with Gasteiger partial charge in [0.05, 0.1) is 30.3 Å². The maximum atomic E-state index is 12.5. The predicted molar refractivity (Wildman–Crippen MR) is 92.5 cm³/mol. The van der Waals surface area contributed by atoms with E-state index < -0.39 is 12.7 Å². The molecule has 0 bridgehead atoms. The van der Waals surface area contributed by atoms with Gasteiger partial charge in [-0.3, -0.25) is 4.68 Å². The third-order valence-corrected chi connectivity index (χ3v) is 4.12. The number of halogens is 3. The second-order valence-corrected chi connectivity index (χ2v) is 6.25. The lowest BCUT2D eigenvalue weighted by Crippen LogP contribution is -2.17. The maximum Gasteiger partial charge on any atom is 0.408 e. The van der Waals surface area contributed by atoms with Crippen molar-refractivity contribution < 1.29 is 13.2 Å². The fourth-order valence-electron chi connectivity index (χ4n) is 2.86. The Labute approximate surface area is 159 Å². The van der Waals surface area contributed by atoms with Crippen LogP contribution in [0.3, 0.4) is 0 Å². The Morgan fingerprint density at radius 3 is 2.83 bits per heavy atom. The largest absolute Gasteiger partial charge is 0.408 e. The maximum absolute atomic E-state index is 12.5. The standard InChI is InChI=1S/C16H11F3N10/c17-16(18,19)9-27-7-10(5-22-27)12-6-21-14-15(23-12)29(26-24-14)8-11-1-2-13-20-3-4-28(13)25-11/h1-7H,8-9H2. The van der Waals surface area contributed by atoms with E-state index in [2.05, 4.69) is 35.5 Å². The minimum Gasteiger partial charge on any atom is -0.263 e. The van der Waals surface area contributed by atoms with Crippen LogP contribution in [-0.4, -0.2) is 55.5 Å². The summed E-state index contributed by atoms with van der Waals surface area (Å²) in [7, 11) is 0. The molecule has 10 nitrogen and oxygen atoms in total. The number of rotatable bonds is 4. The van der Waals surface area contributed by atoms with Crippen LogP contribution in [0.4, 0.5) is 13.2 Å². The van der Waals surface area contributed by atoms with E-state index in [1.54, 1.807) is 16.9 Å². The summed E-state index contributed by atoms with van der Waals surface area (Å²) in [6.07, 6.45) is 3.02. The molecule has 0 aliphatic carbocycles. The summed E-state index contributed by atoms with van der Waals surface area (Å²) >= 11 is 0. The van der Waals surface area contributed by atoms with E-state index in [1.165, 1.54) is 23.3 Å². The molecule has 0 N–H and O–H groups in total. The van der Waals surface area contributed by atoms with E-state index in [1.807, 2.05) is 12.1 Å². The van der Waals surface area contributed by atoms with Crippen LogP contribution in [0.5, 0.6) is 0 Å². The van der Waals surface area contributed by atoms with Gasteiger partial charge in [-0.15, -0.1) is 5.10 Å². The summed E-state index contributed by atoms with van der Waals surface area (Å²) in [6, 6.07) is 3.64. The van der Waals surface area contributed by atoms with Gasteiger partial charge in [0, 0.05) is 24.2 Å². The lowest BCUT2D eigenvalue weighted by molar-refractivity contribution is -0.142. The van der Waals surface area contributed by atoms with Crippen LogP contribution in [-0.2, 0) is 13.1 Å². The van der Waals surface area contributed by atoms with Gasteiger partial charge in [0.25, 0.3) is 0 Å². The molecule has 0 radical (unpaired) electrons. The van der Waals surface area contributed by atoms with Crippen molar-refractivity contribution in [2.75, 3.05) is 0 Å². The van der Waals surface area contributed by atoms with Crippen molar-refractivity contribution in [2.24, 2.45) is 0 Å². The summed E-state index contributed by atoms with van der Waals surface area (Å²) in [5.41, 5.74) is 2.91. The second-order valence-electron chi connectivity index (χ2n) is 6.25. The molecule has 0 saturated carbocycles. The Kier molecular flexibility index (Phi) is 3.75. The second kappa shape index (κ2) is 6.32. The monoisotopic (exact) mass is 400 g/mol. The third-order valence-electron chi connectivity index (χ3n) is 4.12. The normalized spacial score (nSPS) is 12.2. The summed E-state index contributed by atoms with van der Waals surface area (Å²) in [6.45, 7) is -0.888. The molecule has 0 spiro atoms. The highest BCUT2D eigenvalue weighted by Gasteiger charge is 2.28. The molecule has 0 aliphatic rings. The minimum atomic E-state index is -4.36. The number of hydrogen-bond donors (Lipinski definition) is 0. The van der Waals surface area contributed by atoms with E-state index in [0.717, 1.165) is 10.3 Å². The lowest BCUT2D eigenvalue weighted by atomic mass is 10.3. The van der Waals surface area contributed by atoms with E-state index in [0.29, 0.717) is 28.2 Å². The van der Waals surface area contributed by atoms with Gasteiger partial charge in [-0.05, 0) is 12.1 Å². The summed E-state index contributed by atoms with van der Waals surface area (Å²) in [4.78, 5) is 12.8. The molecule has 29 heavy (non-hydrogen) atoms. The molecule has 13 heteroatoms. The van der Waals surface area contributed by atoms with Crippen molar-refractivity contribution >= 4 is 16.9 Å². The molecular weight excluding hydrogens is 389 g/mol. The molecule has 0 aromatic carbocycles. The van der Waals surface area contributed by atoms with Gasteiger partial charge in [0.15, 0.2) is 11.3 Å². The zero-order valence-corrected chi connectivity index (χ0v) is 14.6. The summed E-state index contributed by atoms with van der Waals surface area (Å²) < 4.78 is 41.6. The van der Waals surface area contributed by atoms with E-state index >= 15 is 0 Å². The minimum absolute atomic E-state index is 0.288. The molecule has 5 rings (SSSR count). The zero-order valence-electron chi connectivity index (χ0n) is 14.6. The third kappa shape index (κ3) is 3.37. The Bertz CT molecular complexity index is 1320. The van der Waals surface area contributed by atoms with Gasteiger partial charge in [0.2, 0.25) is 5.65 Å². The van der Waals surface area contributed by atoms with Gasteiger partial charge in [-0.25, -0.2) is 24.1 Å². The number of hydrogen-bond acceptors (Lipinski definition) is 7. The van der Waals surface area contributed by atoms with E-state index in [9.17, 15) is 13.2 Å². The van der Waals surface area contributed by atoms with Crippen LogP contribution in [0.2, 0.25) is 0 Å². The number of nitrogens with zero attached hydrogens (tertiary/aromatic N) is 10. The van der Waals surface area contributed by atoms with Crippen molar-refractivity contribution in [2.45, 2.75) is 19.3 Å². The highest BCUT2D eigenvalue weighted by Crippen LogP contribution is 2.21. The molecule has 0 atom stereocenters. The van der Waals surface area contributed by atoms with Crippen molar-refractivity contribution in [3.05, 3.63) is 48.8 Å². The van der Waals surface area contributed by atoms with Crippen molar-refractivity contribution in [3.63, 3.8) is 0 Å². The average molecular weight is 400 g/mol. The van der Waals surface area contributed by atoms with E-state index in [4.69, 9.17) is 0 Å². The first kappa shape index (κ1) is 17.2. The quantitative estimate of drug-likeness (QED) is 0.452. The van der Waals surface area contributed by atoms with Crippen molar-refractivity contribution in [3.8, 4) is 11.3 Å². The van der Waals surface area contributed by atoms with Gasteiger partial charge in [-0.1, -0.05) is 5.21 Å². The first-order valence-electron chi connectivity index (χ1n) is 8.40. The first-order chi connectivity index (χ1) is 13.9. The fraction of sp³-hybridized carbons (Fsp3) is 0.188. The zero-order chi connectivity index (χ0) is 20.0. The van der Waals surface area contributed by atoms with Gasteiger partial charge in [0.1, 0.15) is 6.54 Å². The van der Waals surface area contributed by atoms with Gasteiger partial charge in [-0.2, -0.15) is 23.4 Å². The van der Waals surface area contributed by atoms with Crippen LogP contribution < -0.4 is 0 Å². The van der Waals surface area contributed by atoms with Gasteiger partial charge < -0.3 is 0 Å². The van der Waals surface area contributed by atoms with Crippen LogP contribution in [0.25, 0.3) is 28.2 Å². The molecule has 0 unspecified atom stereocenters. The highest BCUT2D eigenvalue weighted by molar-refractivity contribution is 5.69. The number of imidazole rings is 1. The predicted octanol–water partition coefficient (Wildman–Crippen LogP) is 1.74. The molecule has 0 fully saturated rings. The van der Waals surface area contributed by atoms with Crippen molar-refractivity contribution in [1.82, 2.24) is 49.3 Å². The number of fused-ring (bicyclic) bond motifs is 2. The Morgan fingerprint density at radius 2 is 1.97 bits per heavy atom. The molecular formula is C16H11F3N10. The molecule has 0 saturated heterocycles. The molecule has 5 aromatic heterocycles. The van der Waals surface area contributed by atoms with Crippen LogP contribution in [0, 0.1) is 0 Å².